The maximum absolute atomic E-state index is 12.1. The molecular weight excluding hydrogens is 276 g/mol. The van der Waals surface area contributed by atoms with E-state index in [4.69, 9.17) is 0 Å². The predicted octanol–water partition coefficient (Wildman–Crippen LogP) is 2.87. The lowest BCUT2D eigenvalue weighted by atomic mass is 10.00. The highest BCUT2D eigenvalue weighted by Gasteiger charge is 2.19. The van der Waals surface area contributed by atoms with Crippen LogP contribution in [0.15, 0.2) is 18.3 Å². The molecule has 0 aromatic carbocycles. The van der Waals surface area contributed by atoms with Crippen molar-refractivity contribution in [3.05, 3.63) is 23.9 Å². The summed E-state index contributed by atoms with van der Waals surface area (Å²) in [5, 5.41) is 2.99. The predicted molar refractivity (Wildman–Crippen MR) is 90.0 cm³/mol. The highest BCUT2D eigenvalue weighted by atomic mass is 16.2. The fraction of sp³-hybridized carbons (Fsp3) is 0.647. The van der Waals surface area contributed by atoms with Crippen LogP contribution < -0.4 is 10.2 Å². The summed E-state index contributed by atoms with van der Waals surface area (Å²) in [5.41, 5.74) is 1.04. The molecule has 2 amide bonds. The van der Waals surface area contributed by atoms with Crippen LogP contribution in [0.1, 0.15) is 39.2 Å². The Morgan fingerprint density at radius 3 is 2.55 bits per heavy atom. The number of urea groups is 1. The molecule has 1 aliphatic rings. The van der Waals surface area contributed by atoms with Crippen LogP contribution in [0.4, 0.5) is 10.6 Å². The number of anilines is 1. The molecule has 0 spiro atoms. The molecule has 2 heterocycles. The molecule has 22 heavy (non-hydrogen) atoms. The second kappa shape index (κ2) is 8.01. The number of amides is 2. The zero-order valence-electron chi connectivity index (χ0n) is 14.0. The number of aromatic nitrogens is 1. The Hall–Kier alpha value is -1.78. The summed E-state index contributed by atoms with van der Waals surface area (Å²) in [6.45, 7) is 10.7. The van der Waals surface area contributed by atoms with Crippen molar-refractivity contribution in [2.24, 2.45) is 5.92 Å². The van der Waals surface area contributed by atoms with Gasteiger partial charge in [-0.1, -0.05) is 13.0 Å². The van der Waals surface area contributed by atoms with Gasteiger partial charge in [0.15, 0.2) is 0 Å². The Morgan fingerprint density at radius 1 is 1.32 bits per heavy atom. The molecule has 0 aliphatic carbocycles. The summed E-state index contributed by atoms with van der Waals surface area (Å²) < 4.78 is 0. The van der Waals surface area contributed by atoms with Crippen molar-refractivity contribution in [1.29, 1.82) is 0 Å². The maximum Gasteiger partial charge on any atom is 0.317 e. The van der Waals surface area contributed by atoms with Gasteiger partial charge in [-0.15, -0.1) is 0 Å². The quantitative estimate of drug-likeness (QED) is 0.910. The van der Waals surface area contributed by atoms with Gasteiger partial charge >= 0.3 is 6.03 Å². The summed E-state index contributed by atoms with van der Waals surface area (Å²) >= 11 is 0. The van der Waals surface area contributed by atoms with Crippen molar-refractivity contribution in [2.45, 2.75) is 40.2 Å². The first-order valence-corrected chi connectivity index (χ1v) is 8.36. The zero-order valence-corrected chi connectivity index (χ0v) is 14.0. The van der Waals surface area contributed by atoms with Gasteiger partial charge in [0.2, 0.25) is 0 Å². The number of carbonyl (C=O) groups is 1. The molecule has 0 bridgehead atoms. The van der Waals surface area contributed by atoms with Gasteiger partial charge in [0, 0.05) is 38.9 Å². The Kier molecular flexibility index (Phi) is 6.04. The van der Waals surface area contributed by atoms with Crippen LogP contribution in [0.3, 0.4) is 0 Å². The van der Waals surface area contributed by atoms with Gasteiger partial charge in [0.1, 0.15) is 5.82 Å². The third-order valence-corrected chi connectivity index (χ3v) is 4.41. The summed E-state index contributed by atoms with van der Waals surface area (Å²) in [7, 11) is 0. The Morgan fingerprint density at radius 2 is 2.00 bits per heavy atom. The van der Waals surface area contributed by atoms with E-state index in [1.165, 1.54) is 0 Å². The minimum Gasteiger partial charge on any atom is -0.357 e. The molecule has 0 unspecified atom stereocenters. The summed E-state index contributed by atoms with van der Waals surface area (Å²) in [5.74, 6) is 1.73. The minimum absolute atomic E-state index is 0.0414. The lowest BCUT2D eigenvalue weighted by Gasteiger charge is -2.30. The Balaban J connectivity index is 1.82. The summed E-state index contributed by atoms with van der Waals surface area (Å²) in [6, 6.07) is 4.11. The van der Waals surface area contributed by atoms with Crippen molar-refractivity contribution < 1.29 is 4.79 Å². The van der Waals surface area contributed by atoms with Crippen molar-refractivity contribution in [2.75, 3.05) is 31.1 Å². The van der Waals surface area contributed by atoms with Gasteiger partial charge in [0.25, 0.3) is 0 Å². The number of piperidine rings is 1. The molecular formula is C17H28N4O. The van der Waals surface area contributed by atoms with E-state index >= 15 is 0 Å². The van der Waals surface area contributed by atoms with E-state index in [0.717, 1.165) is 56.3 Å². The van der Waals surface area contributed by atoms with Crippen LogP contribution in [-0.2, 0) is 6.54 Å². The van der Waals surface area contributed by atoms with Gasteiger partial charge in [-0.25, -0.2) is 9.78 Å². The number of likely N-dealkylation sites (tertiary alicyclic amines) is 1. The van der Waals surface area contributed by atoms with E-state index in [-0.39, 0.29) is 6.03 Å². The molecule has 122 valence electrons. The van der Waals surface area contributed by atoms with Gasteiger partial charge in [-0.3, -0.25) is 0 Å². The SMILES string of the molecule is CCN(CC)c1ccc(CNC(=O)N2CCC(C)CC2)cn1. The molecule has 1 aliphatic heterocycles. The van der Waals surface area contributed by atoms with E-state index in [2.05, 4.69) is 36.0 Å². The van der Waals surface area contributed by atoms with E-state index in [9.17, 15) is 4.79 Å². The van der Waals surface area contributed by atoms with Gasteiger partial charge in [-0.05, 0) is 44.2 Å². The third-order valence-electron chi connectivity index (χ3n) is 4.41. The molecule has 1 aromatic heterocycles. The van der Waals surface area contributed by atoms with Gasteiger partial charge in [-0.2, -0.15) is 0 Å². The average molecular weight is 304 g/mol. The number of rotatable bonds is 5. The van der Waals surface area contributed by atoms with Crippen molar-refractivity contribution in [1.82, 2.24) is 15.2 Å². The van der Waals surface area contributed by atoms with Crippen LogP contribution in [0, 0.1) is 5.92 Å². The Labute approximate surface area is 133 Å². The first-order chi connectivity index (χ1) is 10.6. The lowest BCUT2D eigenvalue weighted by molar-refractivity contribution is 0.173. The second-order valence-corrected chi connectivity index (χ2v) is 6.03. The molecule has 0 radical (unpaired) electrons. The molecule has 1 aromatic rings. The summed E-state index contributed by atoms with van der Waals surface area (Å²) in [6.07, 6.45) is 4.06. The number of hydrogen-bond donors (Lipinski definition) is 1. The zero-order chi connectivity index (χ0) is 15.9. The number of hydrogen-bond acceptors (Lipinski definition) is 3. The van der Waals surface area contributed by atoms with Crippen LogP contribution >= 0.6 is 0 Å². The molecule has 5 heteroatoms. The van der Waals surface area contributed by atoms with Gasteiger partial charge < -0.3 is 15.1 Å². The maximum atomic E-state index is 12.1. The van der Waals surface area contributed by atoms with Crippen LogP contribution in [-0.4, -0.2) is 42.1 Å². The van der Waals surface area contributed by atoms with Crippen molar-refractivity contribution in [3.63, 3.8) is 0 Å². The molecule has 5 nitrogen and oxygen atoms in total. The van der Waals surface area contributed by atoms with E-state index in [1.807, 2.05) is 23.2 Å². The topological polar surface area (TPSA) is 48.5 Å². The molecule has 1 fully saturated rings. The molecule has 0 saturated carbocycles. The molecule has 1 N–H and O–H groups in total. The van der Waals surface area contributed by atoms with Crippen LogP contribution in [0.25, 0.3) is 0 Å². The summed E-state index contributed by atoms with van der Waals surface area (Å²) in [4.78, 5) is 20.7. The standard InChI is InChI=1S/C17H28N4O/c1-4-20(5-2)16-7-6-15(12-18-16)13-19-17(22)21-10-8-14(3)9-11-21/h6-7,12,14H,4-5,8-11,13H2,1-3H3,(H,19,22). The van der Waals surface area contributed by atoms with Crippen molar-refractivity contribution >= 4 is 11.8 Å². The fourth-order valence-electron chi connectivity index (χ4n) is 2.76. The highest BCUT2D eigenvalue weighted by molar-refractivity contribution is 5.74. The molecule has 0 atom stereocenters. The second-order valence-electron chi connectivity index (χ2n) is 6.03. The van der Waals surface area contributed by atoms with E-state index in [0.29, 0.717) is 6.54 Å². The number of nitrogens with zero attached hydrogens (tertiary/aromatic N) is 3. The molecule has 2 rings (SSSR count). The average Bonchev–Trinajstić information content (AvgIpc) is 2.55. The minimum atomic E-state index is 0.0414. The lowest BCUT2D eigenvalue weighted by Crippen LogP contribution is -2.43. The van der Waals surface area contributed by atoms with Crippen molar-refractivity contribution in [3.8, 4) is 0 Å². The van der Waals surface area contributed by atoms with Gasteiger partial charge in [0.05, 0.1) is 0 Å². The normalized spacial score (nSPS) is 15.7. The number of pyridine rings is 1. The smallest absolute Gasteiger partial charge is 0.317 e. The highest BCUT2D eigenvalue weighted by Crippen LogP contribution is 2.16. The fourth-order valence-corrected chi connectivity index (χ4v) is 2.76. The first kappa shape index (κ1) is 16.6. The van der Waals surface area contributed by atoms with E-state index < -0.39 is 0 Å². The van der Waals surface area contributed by atoms with E-state index in [1.54, 1.807) is 0 Å². The van der Waals surface area contributed by atoms with Crippen LogP contribution in [0.2, 0.25) is 0 Å². The van der Waals surface area contributed by atoms with Crippen LogP contribution in [0.5, 0.6) is 0 Å². The largest absolute Gasteiger partial charge is 0.357 e. The monoisotopic (exact) mass is 304 g/mol. The number of nitrogens with one attached hydrogen (secondary N) is 1. The molecule has 1 saturated heterocycles. The first-order valence-electron chi connectivity index (χ1n) is 8.36. The Bertz CT molecular complexity index is 462. The number of carbonyl (C=O) groups excluding carboxylic acids is 1. The third kappa shape index (κ3) is 4.36.